The van der Waals surface area contributed by atoms with Crippen LogP contribution in [0.2, 0.25) is 0 Å². The fourth-order valence-electron chi connectivity index (χ4n) is 4.38. The first kappa shape index (κ1) is 21.7. The summed E-state index contributed by atoms with van der Waals surface area (Å²) in [5.74, 6) is 1.05. The van der Waals surface area contributed by atoms with Crippen LogP contribution in [0.3, 0.4) is 0 Å². The molecule has 0 spiro atoms. The lowest BCUT2D eigenvalue weighted by molar-refractivity contribution is 0.0970. The number of rotatable bonds is 7. The lowest BCUT2D eigenvalue weighted by atomic mass is 10.1. The van der Waals surface area contributed by atoms with Crippen LogP contribution in [0.1, 0.15) is 42.1 Å². The zero-order valence-corrected chi connectivity index (χ0v) is 18.4. The van der Waals surface area contributed by atoms with Crippen LogP contribution in [-0.4, -0.2) is 36.2 Å². The van der Waals surface area contributed by atoms with Crippen molar-refractivity contribution in [2.75, 3.05) is 21.3 Å². The Morgan fingerprint density at radius 2 is 1.66 bits per heavy atom. The van der Waals surface area contributed by atoms with Gasteiger partial charge in [-0.15, -0.1) is 0 Å². The Hall–Kier alpha value is -3.55. The summed E-state index contributed by atoms with van der Waals surface area (Å²) in [6.07, 6.45) is 3.45. The van der Waals surface area contributed by atoms with Crippen LogP contribution in [0, 0.1) is 0 Å². The number of Topliss-reactive ketones (excluding diaryl/α,β-unsaturated/α-hetero) is 1. The lowest BCUT2D eigenvalue weighted by Gasteiger charge is -2.19. The van der Waals surface area contributed by atoms with Crippen molar-refractivity contribution in [3.63, 3.8) is 0 Å². The van der Waals surface area contributed by atoms with E-state index in [4.69, 9.17) is 14.2 Å². The number of aromatic nitrogens is 2. The molecule has 8 heteroatoms. The molecule has 1 aromatic heterocycles. The van der Waals surface area contributed by atoms with E-state index in [-0.39, 0.29) is 23.9 Å². The molecule has 2 aromatic carbocycles. The largest absolute Gasteiger partial charge is 0.497 e. The van der Waals surface area contributed by atoms with E-state index in [0.29, 0.717) is 33.7 Å². The molecule has 0 unspecified atom stereocenters. The van der Waals surface area contributed by atoms with Gasteiger partial charge >= 0.3 is 5.69 Å². The van der Waals surface area contributed by atoms with E-state index in [2.05, 4.69) is 0 Å². The summed E-state index contributed by atoms with van der Waals surface area (Å²) >= 11 is 0. The molecule has 168 valence electrons. The number of nitrogens with zero attached hydrogens (tertiary/aromatic N) is 2. The predicted molar refractivity (Wildman–Crippen MR) is 120 cm³/mol. The Bertz CT molecular complexity index is 1280. The third-order valence-electron chi connectivity index (χ3n) is 6.06. The van der Waals surface area contributed by atoms with Crippen LogP contribution in [0.15, 0.2) is 46.0 Å². The van der Waals surface area contributed by atoms with Gasteiger partial charge in [-0.05, 0) is 31.0 Å². The van der Waals surface area contributed by atoms with Gasteiger partial charge in [-0.1, -0.05) is 25.0 Å². The smallest absolute Gasteiger partial charge is 0.332 e. The maximum atomic E-state index is 13.5. The predicted octanol–water partition coefficient (Wildman–Crippen LogP) is 3.19. The van der Waals surface area contributed by atoms with Crippen LogP contribution < -0.4 is 25.5 Å². The summed E-state index contributed by atoms with van der Waals surface area (Å²) in [5.41, 5.74) is -0.104. The third-order valence-corrected chi connectivity index (χ3v) is 6.06. The number of benzene rings is 2. The molecule has 0 amide bonds. The molecule has 1 fully saturated rings. The zero-order chi connectivity index (χ0) is 22.8. The SMILES string of the molecule is COc1cccc(C(=O)Cn2c(=O)n(C3CCCC3)c(=O)c3cc(OC)c(OC)cc32)c1. The van der Waals surface area contributed by atoms with Crippen molar-refractivity contribution in [1.29, 1.82) is 0 Å². The van der Waals surface area contributed by atoms with E-state index in [1.165, 1.54) is 30.5 Å². The highest BCUT2D eigenvalue weighted by atomic mass is 16.5. The molecular weight excluding hydrogens is 412 g/mol. The van der Waals surface area contributed by atoms with Crippen molar-refractivity contribution in [2.45, 2.75) is 38.3 Å². The molecule has 0 bridgehead atoms. The van der Waals surface area contributed by atoms with Gasteiger partial charge < -0.3 is 14.2 Å². The Balaban J connectivity index is 1.93. The molecule has 1 aliphatic carbocycles. The van der Waals surface area contributed by atoms with Crippen LogP contribution >= 0.6 is 0 Å². The second-order valence-electron chi connectivity index (χ2n) is 7.86. The molecule has 32 heavy (non-hydrogen) atoms. The van der Waals surface area contributed by atoms with E-state index in [9.17, 15) is 14.4 Å². The minimum absolute atomic E-state index is 0.175. The first-order valence-electron chi connectivity index (χ1n) is 10.6. The van der Waals surface area contributed by atoms with Gasteiger partial charge in [0, 0.05) is 17.7 Å². The molecule has 0 atom stereocenters. The van der Waals surface area contributed by atoms with Crippen LogP contribution in [0.4, 0.5) is 0 Å². The molecule has 1 aliphatic rings. The second kappa shape index (κ2) is 8.90. The monoisotopic (exact) mass is 438 g/mol. The maximum absolute atomic E-state index is 13.5. The summed E-state index contributed by atoms with van der Waals surface area (Å²) in [7, 11) is 4.49. The van der Waals surface area contributed by atoms with Crippen LogP contribution in [0.5, 0.6) is 17.2 Å². The number of methoxy groups -OCH3 is 3. The van der Waals surface area contributed by atoms with Crippen LogP contribution in [0.25, 0.3) is 10.9 Å². The zero-order valence-electron chi connectivity index (χ0n) is 18.4. The van der Waals surface area contributed by atoms with E-state index in [1.807, 2.05) is 0 Å². The first-order valence-corrected chi connectivity index (χ1v) is 10.6. The first-order chi connectivity index (χ1) is 15.5. The minimum Gasteiger partial charge on any atom is -0.497 e. The van der Waals surface area contributed by atoms with Crippen molar-refractivity contribution in [1.82, 2.24) is 9.13 Å². The highest BCUT2D eigenvalue weighted by Gasteiger charge is 2.25. The molecule has 0 radical (unpaired) electrons. The van der Waals surface area contributed by atoms with Crippen molar-refractivity contribution in [3.05, 3.63) is 62.8 Å². The van der Waals surface area contributed by atoms with E-state index < -0.39 is 5.69 Å². The van der Waals surface area contributed by atoms with Gasteiger partial charge in [0.2, 0.25) is 0 Å². The standard InChI is InChI=1S/C24H26N2O6/c1-30-17-10-6-7-15(11-17)20(27)14-25-19-13-22(32-3)21(31-2)12-18(19)23(28)26(24(25)29)16-8-4-5-9-16/h6-7,10-13,16H,4-5,8-9,14H2,1-3H3. The van der Waals surface area contributed by atoms with Gasteiger partial charge in [0.05, 0.1) is 38.8 Å². The summed E-state index contributed by atoms with van der Waals surface area (Å²) < 4.78 is 18.6. The quantitative estimate of drug-likeness (QED) is 0.527. The van der Waals surface area contributed by atoms with Crippen molar-refractivity contribution >= 4 is 16.7 Å². The Labute approximate surface area is 184 Å². The van der Waals surface area contributed by atoms with E-state index in [1.54, 1.807) is 36.4 Å². The number of ether oxygens (including phenoxy) is 3. The average Bonchev–Trinajstić information content (AvgIpc) is 3.35. The van der Waals surface area contributed by atoms with Crippen molar-refractivity contribution < 1.29 is 19.0 Å². The summed E-state index contributed by atoms with van der Waals surface area (Å²) in [6, 6.07) is 9.75. The molecule has 8 nitrogen and oxygen atoms in total. The molecule has 1 saturated carbocycles. The normalized spacial score (nSPS) is 14.0. The van der Waals surface area contributed by atoms with Crippen molar-refractivity contribution in [2.24, 2.45) is 0 Å². The summed E-state index contributed by atoms with van der Waals surface area (Å²) in [4.78, 5) is 40.0. The number of carbonyl (C=O) groups is 1. The number of carbonyl (C=O) groups excluding carboxylic acids is 1. The highest BCUT2D eigenvalue weighted by molar-refractivity contribution is 5.97. The van der Waals surface area contributed by atoms with Crippen molar-refractivity contribution in [3.8, 4) is 17.2 Å². The van der Waals surface area contributed by atoms with Crippen LogP contribution in [-0.2, 0) is 6.54 Å². The number of hydrogen-bond donors (Lipinski definition) is 0. The molecule has 4 rings (SSSR count). The third kappa shape index (κ3) is 3.77. The van der Waals surface area contributed by atoms with Gasteiger partial charge in [-0.25, -0.2) is 4.79 Å². The van der Waals surface area contributed by atoms with Gasteiger partial charge in [-0.3, -0.25) is 18.7 Å². The second-order valence-corrected chi connectivity index (χ2v) is 7.86. The topological polar surface area (TPSA) is 88.8 Å². The highest BCUT2D eigenvalue weighted by Crippen LogP contribution is 2.32. The number of fused-ring (bicyclic) bond motifs is 1. The summed E-state index contributed by atoms with van der Waals surface area (Å²) in [6.45, 7) is -0.217. The van der Waals surface area contributed by atoms with Gasteiger partial charge in [0.25, 0.3) is 5.56 Å². The minimum atomic E-state index is -0.488. The maximum Gasteiger partial charge on any atom is 0.332 e. The summed E-state index contributed by atoms with van der Waals surface area (Å²) in [5, 5.41) is 0.313. The van der Waals surface area contributed by atoms with Gasteiger partial charge in [0.1, 0.15) is 5.75 Å². The molecule has 0 N–H and O–H groups in total. The Morgan fingerprint density at radius 3 is 2.31 bits per heavy atom. The lowest BCUT2D eigenvalue weighted by Crippen LogP contribution is -2.42. The number of ketones is 1. The molecule has 0 saturated heterocycles. The molecule has 1 heterocycles. The average molecular weight is 438 g/mol. The number of hydrogen-bond acceptors (Lipinski definition) is 6. The van der Waals surface area contributed by atoms with Gasteiger partial charge in [-0.2, -0.15) is 0 Å². The fourth-order valence-corrected chi connectivity index (χ4v) is 4.38. The molecular formula is C24H26N2O6. The Morgan fingerprint density at radius 1 is 0.969 bits per heavy atom. The van der Waals surface area contributed by atoms with Gasteiger partial charge in [0.15, 0.2) is 17.3 Å². The molecule has 0 aliphatic heterocycles. The fraction of sp³-hybridized carbons (Fsp3) is 0.375. The molecule has 3 aromatic rings. The Kier molecular flexibility index (Phi) is 6.03. The van der Waals surface area contributed by atoms with E-state index in [0.717, 1.165) is 25.7 Å². The van der Waals surface area contributed by atoms with E-state index >= 15 is 0 Å².